The first-order valence-corrected chi connectivity index (χ1v) is 4.34. The van der Waals surface area contributed by atoms with Gasteiger partial charge < -0.3 is 15.2 Å². The lowest BCUT2D eigenvalue weighted by Crippen LogP contribution is -2.43. The van der Waals surface area contributed by atoms with Crippen molar-refractivity contribution in [2.45, 2.75) is 31.0 Å². The van der Waals surface area contributed by atoms with E-state index in [0.29, 0.717) is 0 Å². The van der Waals surface area contributed by atoms with Gasteiger partial charge in [-0.3, -0.25) is 0 Å². The Morgan fingerprint density at radius 3 is 3.09 bits per heavy atom. The Morgan fingerprint density at radius 2 is 2.45 bits per heavy atom. The van der Waals surface area contributed by atoms with Gasteiger partial charge in [-0.1, -0.05) is 0 Å². The number of ether oxygens (including phenoxy) is 1. The second-order valence-corrected chi connectivity index (χ2v) is 3.60. The molecule has 2 saturated heterocycles. The van der Waals surface area contributed by atoms with Gasteiger partial charge in [0.2, 0.25) is 0 Å². The molecule has 2 rings (SSSR count). The fourth-order valence-corrected chi connectivity index (χ4v) is 2.02. The number of nitrogens with one attached hydrogen (secondary N) is 1. The Balaban J connectivity index is 2.00. The summed E-state index contributed by atoms with van der Waals surface area (Å²) in [6, 6.07) is 0. The average molecular weight is 157 g/mol. The lowest BCUT2D eigenvalue weighted by Gasteiger charge is -2.35. The first-order valence-electron chi connectivity index (χ1n) is 4.34. The van der Waals surface area contributed by atoms with Crippen LogP contribution in [0.25, 0.3) is 0 Å². The summed E-state index contributed by atoms with van der Waals surface area (Å²) in [6.07, 6.45) is 2.55. The minimum absolute atomic E-state index is 0.0162. The Hall–Kier alpha value is -0.120. The third kappa shape index (κ3) is 1.41. The van der Waals surface area contributed by atoms with Crippen molar-refractivity contribution < 1.29 is 9.84 Å². The molecule has 2 unspecified atom stereocenters. The molecule has 0 amide bonds. The van der Waals surface area contributed by atoms with E-state index in [-0.39, 0.29) is 11.7 Å². The first-order chi connectivity index (χ1) is 5.31. The van der Waals surface area contributed by atoms with Crippen LogP contribution < -0.4 is 5.32 Å². The molecule has 0 radical (unpaired) electrons. The van der Waals surface area contributed by atoms with Gasteiger partial charge in [0.25, 0.3) is 0 Å². The molecule has 2 N–H and O–H groups in total. The van der Waals surface area contributed by atoms with Gasteiger partial charge in [0.05, 0.1) is 11.7 Å². The van der Waals surface area contributed by atoms with Crippen molar-refractivity contribution in [1.82, 2.24) is 5.32 Å². The van der Waals surface area contributed by atoms with E-state index in [2.05, 4.69) is 5.32 Å². The molecule has 0 bridgehead atoms. The molecule has 2 aliphatic rings. The van der Waals surface area contributed by atoms with E-state index in [4.69, 9.17) is 4.74 Å². The molecule has 0 aromatic rings. The second kappa shape index (κ2) is 2.73. The zero-order chi connectivity index (χ0) is 7.73. The van der Waals surface area contributed by atoms with Crippen molar-refractivity contribution in [3.8, 4) is 0 Å². The maximum Gasteiger partial charge on any atom is 0.0842 e. The van der Waals surface area contributed by atoms with E-state index in [1.807, 2.05) is 0 Å². The lowest BCUT2D eigenvalue weighted by molar-refractivity contribution is -0.106. The van der Waals surface area contributed by atoms with Crippen LogP contribution in [-0.4, -0.2) is 36.5 Å². The topological polar surface area (TPSA) is 41.5 Å². The fraction of sp³-hybridized carbons (Fsp3) is 1.00. The van der Waals surface area contributed by atoms with Gasteiger partial charge in [-0.25, -0.2) is 0 Å². The van der Waals surface area contributed by atoms with Crippen LogP contribution in [0.15, 0.2) is 0 Å². The van der Waals surface area contributed by atoms with Crippen LogP contribution in [0.1, 0.15) is 19.3 Å². The van der Waals surface area contributed by atoms with Gasteiger partial charge in [-0.05, 0) is 19.4 Å². The van der Waals surface area contributed by atoms with Crippen LogP contribution in [0, 0.1) is 0 Å². The van der Waals surface area contributed by atoms with E-state index >= 15 is 0 Å². The fourth-order valence-electron chi connectivity index (χ4n) is 2.02. The highest BCUT2D eigenvalue weighted by atomic mass is 16.5. The molecular weight excluding hydrogens is 142 g/mol. The summed E-state index contributed by atoms with van der Waals surface area (Å²) in [4.78, 5) is 0. The Labute approximate surface area is 66.7 Å². The molecular formula is C8H15NO2. The summed E-state index contributed by atoms with van der Waals surface area (Å²) in [7, 11) is 0. The quantitative estimate of drug-likeness (QED) is 0.515. The number of aliphatic hydroxyl groups is 1. The standard InChI is InChI=1S/C8H15NO2/c10-7-1-4-11-8(5-7)2-3-9-6-8/h7,9-10H,1-6H2. The van der Waals surface area contributed by atoms with Crippen LogP contribution in [0.2, 0.25) is 0 Å². The summed E-state index contributed by atoms with van der Waals surface area (Å²) in [5, 5.41) is 12.7. The van der Waals surface area contributed by atoms with Crippen molar-refractivity contribution in [3.05, 3.63) is 0 Å². The Bertz CT molecular complexity index is 143. The van der Waals surface area contributed by atoms with Crippen molar-refractivity contribution in [2.75, 3.05) is 19.7 Å². The summed E-state index contributed by atoms with van der Waals surface area (Å²) >= 11 is 0. The van der Waals surface area contributed by atoms with Crippen molar-refractivity contribution >= 4 is 0 Å². The summed E-state index contributed by atoms with van der Waals surface area (Å²) in [5.41, 5.74) is -0.0162. The Morgan fingerprint density at radius 1 is 1.55 bits per heavy atom. The maximum atomic E-state index is 9.43. The number of hydrogen-bond donors (Lipinski definition) is 2. The third-order valence-electron chi connectivity index (χ3n) is 2.67. The molecule has 2 fully saturated rings. The minimum atomic E-state index is -0.136. The van der Waals surface area contributed by atoms with Gasteiger partial charge in [0.1, 0.15) is 0 Å². The molecule has 2 aliphatic heterocycles. The molecule has 0 saturated carbocycles. The molecule has 3 nitrogen and oxygen atoms in total. The zero-order valence-corrected chi connectivity index (χ0v) is 6.68. The maximum absolute atomic E-state index is 9.43. The van der Waals surface area contributed by atoms with Crippen LogP contribution in [0.5, 0.6) is 0 Å². The van der Waals surface area contributed by atoms with E-state index < -0.39 is 0 Å². The van der Waals surface area contributed by atoms with Crippen LogP contribution in [-0.2, 0) is 4.74 Å². The normalized spacial score (nSPS) is 45.0. The molecule has 1 spiro atoms. The summed E-state index contributed by atoms with van der Waals surface area (Å²) < 4.78 is 5.67. The predicted octanol–water partition coefficient (Wildman–Crippen LogP) is -0.110. The summed E-state index contributed by atoms with van der Waals surface area (Å²) in [6.45, 7) is 2.68. The summed E-state index contributed by atoms with van der Waals surface area (Å²) in [5.74, 6) is 0. The lowest BCUT2D eigenvalue weighted by atomic mass is 9.91. The number of rotatable bonds is 0. The Kier molecular flexibility index (Phi) is 1.87. The zero-order valence-electron chi connectivity index (χ0n) is 6.68. The highest BCUT2D eigenvalue weighted by Gasteiger charge is 2.39. The SMILES string of the molecule is OC1CCOC2(CCNC2)C1. The average Bonchev–Trinajstić information content (AvgIpc) is 2.37. The van der Waals surface area contributed by atoms with Crippen molar-refractivity contribution in [1.29, 1.82) is 0 Å². The van der Waals surface area contributed by atoms with Crippen molar-refractivity contribution in [3.63, 3.8) is 0 Å². The molecule has 0 aromatic carbocycles. The molecule has 3 heteroatoms. The van der Waals surface area contributed by atoms with Gasteiger partial charge in [0, 0.05) is 19.6 Å². The molecule has 0 aliphatic carbocycles. The first kappa shape index (κ1) is 7.53. The van der Waals surface area contributed by atoms with Gasteiger partial charge >= 0.3 is 0 Å². The second-order valence-electron chi connectivity index (χ2n) is 3.60. The smallest absolute Gasteiger partial charge is 0.0842 e. The molecule has 11 heavy (non-hydrogen) atoms. The monoisotopic (exact) mass is 157 g/mol. The van der Waals surface area contributed by atoms with Gasteiger partial charge in [-0.2, -0.15) is 0 Å². The van der Waals surface area contributed by atoms with Gasteiger partial charge in [0.15, 0.2) is 0 Å². The molecule has 2 atom stereocenters. The van der Waals surface area contributed by atoms with E-state index in [1.165, 1.54) is 0 Å². The third-order valence-corrected chi connectivity index (χ3v) is 2.67. The molecule has 0 aromatic heterocycles. The predicted molar refractivity (Wildman–Crippen MR) is 41.4 cm³/mol. The number of hydrogen-bond acceptors (Lipinski definition) is 3. The van der Waals surface area contributed by atoms with Crippen LogP contribution in [0.4, 0.5) is 0 Å². The molecule has 64 valence electrons. The van der Waals surface area contributed by atoms with Crippen LogP contribution >= 0.6 is 0 Å². The van der Waals surface area contributed by atoms with E-state index in [1.54, 1.807) is 0 Å². The highest BCUT2D eigenvalue weighted by molar-refractivity contribution is 4.93. The number of aliphatic hydroxyl groups excluding tert-OH is 1. The van der Waals surface area contributed by atoms with Crippen molar-refractivity contribution in [2.24, 2.45) is 0 Å². The van der Waals surface area contributed by atoms with E-state index in [0.717, 1.165) is 39.0 Å². The highest BCUT2D eigenvalue weighted by Crippen LogP contribution is 2.30. The van der Waals surface area contributed by atoms with Gasteiger partial charge in [-0.15, -0.1) is 0 Å². The minimum Gasteiger partial charge on any atom is -0.393 e. The van der Waals surface area contributed by atoms with E-state index in [9.17, 15) is 5.11 Å². The molecule has 2 heterocycles. The largest absolute Gasteiger partial charge is 0.393 e. The van der Waals surface area contributed by atoms with Crippen LogP contribution in [0.3, 0.4) is 0 Å².